The third-order valence-corrected chi connectivity index (χ3v) is 5.98. The number of methoxy groups -OCH3 is 1. The Balaban J connectivity index is 2.48. The molecular weight excluding hydrogens is 480 g/mol. The van der Waals surface area contributed by atoms with E-state index < -0.39 is 53.9 Å². The summed E-state index contributed by atoms with van der Waals surface area (Å²) in [5.41, 5.74) is 6.12. The van der Waals surface area contributed by atoms with Crippen LogP contribution in [0.1, 0.15) is 70.5 Å². The standard InChI is InChI=1S/C26H38N4O7/c1-6-16-10-12-17(13-11-16)22(23(33)28-15-21(32)36-5)30(18-8-7-9-18)24(34)19(14-20(27)31)29-25(35)37-26(2,3)4/h10-13,18-19,22H,6-9,14-15H2,1-5H3,(H2,27,31)(H,28,33)(H,29,35). The summed E-state index contributed by atoms with van der Waals surface area (Å²) in [6, 6.07) is 4.44. The SMILES string of the molecule is CCc1ccc(C(C(=O)NCC(=O)OC)N(C(=O)C(CC(N)=O)NC(=O)OC(C)(C)C)C2CCC2)cc1. The fourth-order valence-corrected chi connectivity index (χ4v) is 3.92. The molecule has 0 radical (unpaired) electrons. The number of rotatable bonds is 11. The Bertz CT molecular complexity index is 984. The number of nitrogens with two attached hydrogens (primary N) is 1. The number of ether oxygens (including phenoxy) is 2. The van der Waals surface area contributed by atoms with Crippen LogP contribution in [0.3, 0.4) is 0 Å². The molecule has 2 rings (SSSR count). The van der Waals surface area contributed by atoms with E-state index in [1.54, 1.807) is 32.9 Å². The molecule has 0 aliphatic heterocycles. The van der Waals surface area contributed by atoms with Crippen molar-refractivity contribution in [3.05, 3.63) is 35.4 Å². The highest BCUT2D eigenvalue weighted by Gasteiger charge is 2.42. The van der Waals surface area contributed by atoms with Gasteiger partial charge in [-0.05, 0) is 57.6 Å². The summed E-state index contributed by atoms with van der Waals surface area (Å²) in [6.45, 7) is 6.61. The Morgan fingerprint density at radius 2 is 1.73 bits per heavy atom. The van der Waals surface area contributed by atoms with Gasteiger partial charge in [-0.2, -0.15) is 0 Å². The largest absolute Gasteiger partial charge is 0.468 e. The summed E-state index contributed by atoms with van der Waals surface area (Å²) in [6.07, 6.45) is 1.53. The molecule has 37 heavy (non-hydrogen) atoms. The third kappa shape index (κ3) is 8.76. The second kappa shape index (κ2) is 13.1. The van der Waals surface area contributed by atoms with E-state index in [-0.39, 0.29) is 12.6 Å². The van der Waals surface area contributed by atoms with E-state index in [0.717, 1.165) is 18.4 Å². The molecule has 1 aromatic carbocycles. The smallest absolute Gasteiger partial charge is 0.408 e. The van der Waals surface area contributed by atoms with Crippen molar-refractivity contribution in [3.8, 4) is 0 Å². The van der Waals surface area contributed by atoms with Crippen molar-refractivity contribution < 1.29 is 33.4 Å². The molecular formula is C26H38N4O7. The molecule has 204 valence electrons. The second-order valence-electron chi connectivity index (χ2n) is 9.99. The van der Waals surface area contributed by atoms with Gasteiger partial charge in [0, 0.05) is 6.04 Å². The molecule has 0 bridgehead atoms. The van der Waals surface area contributed by atoms with Crippen LogP contribution in [0.4, 0.5) is 4.79 Å². The van der Waals surface area contributed by atoms with Gasteiger partial charge >= 0.3 is 12.1 Å². The van der Waals surface area contributed by atoms with Crippen LogP contribution in [0.2, 0.25) is 0 Å². The van der Waals surface area contributed by atoms with Gasteiger partial charge in [-0.15, -0.1) is 0 Å². The zero-order chi connectivity index (χ0) is 27.8. The predicted octanol–water partition coefficient (Wildman–Crippen LogP) is 1.73. The van der Waals surface area contributed by atoms with Crippen molar-refractivity contribution in [1.82, 2.24) is 15.5 Å². The zero-order valence-electron chi connectivity index (χ0n) is 22.2. The molecule has 1 aliphatic rings. The van der Waals surface area contributed by atoms with E-state index in [4.69, 9.17) is 10.5 Å². The van der Waals surface area contributed by atoms with Crippen LogP contribution < -0.4 is 16.4 Å². The maximum absolute atomic E-state index is 13.9. The lowest BCUT2D eigenvalue weighted by atomic mass is 9.87. The van der Waals surface area contributed by atoms with Crippen molar-refractivity contribution in [3.63, 3.8) is 0 Å². The fourth-order valence-electron chi connectivity index (χ4n) is 3.92. The van der Waals surface area contributed by atoms with Gasteiger partial charge in [0.1, 0.15) is 24.2 Å². The Morgan fingerprint density at radius 3 is 2.19 bits per heavy atom. The molecule has 1 fully saturated rings. The van der Waals surface area contributed by atoms with Crippen LogP contribution >= 0.6 is 0 Å². The van der Waals surface area contributed by atoms with Crippen molar-refractivity contribution in [1.29, 1.82) is 0 Å². The quantitative estimate of drug-likeness (QED) is 0.377. The van der Waals surface area contributed by atoms with Crippen LogP contribution in [0.5, 0.6) is 0 Å². The summed E-state index contributed by atoms with van der Waals surface area (Å²) in [4.78, 5) is 64.8. The molecule has 2 unspecified atom stereocenters. The number of benzene rings is 1. The lowest BCUT2D eigenvalue weighted by Gasteiger charge is -2.43. The first-order valence-corrected chi connectivity index (χ1v) is 12.4. The molecule has 0 aromatic heterocycles. The number of carbonyl (C=O) groups is 5. The summed E-state index contributed by atoms with van der Waals surface area (Å²) in [5, 5.41) is 4.99. The van der Waals surface area contributed by atoms with E-state index in [0.29, 0.717) is 18.4 Å². The number of amides is 4. The molecule has 11 heteroatoms. The van der Waals surface area contributed by atoms with Gasteiger partial charge in [-0.1, -0.05) is 31.2 Å². The molecule has 1 aliphatic carbocycles. The summed E-state index contributed by atoms with van der Waals surface area (Å²) in [7, 11) is 1.20. The average Bonchev–Trinajstić information content (AvgIpc) is 2.78. The lowest BCUT2D eigenvalue weighted by Crippen LogP contribution is -2.58. The number of aryl methyl sites for hydroxylation is 1. The maximum Gasteiger partial charge on any atom is 0.408 e. The van der Waals surface area contributed by atoms with Gasteiger partial charge in [0.15, 0.2) is 0 Å². The molecule has 1 aromatic rings. The van der Waals surface area contributed by atoms with Gasteiger partial charge in [0.25, 0.3) is 0 Å². The Morgan fingerprint density at radius 1 is 1.11 bits per heavy atom. The van der Waals surface area contributed by atoms with Gasteiger partial charge in [-0.25, -0.2) is 4.79 Å². The molecule has 11 nitrogen and oxygen atoms in total. The molecule has 4 amide bonds. The number of carbonyl (C=O) groups excluding carboxylic acids is 5. The van der Waals surface area contributed by atoms with Crippen LogP contribution in [0.15, 0.2) is 24.3 Å². The normalized spacial score (nSPS) is 14.9. The Hall–Kier alpha value is -3.63. The van der Waals surface area contributed by atoms with Crippen LogP contribution in [-0.4, -0.2) is 66.0 Å². The molecule has 1 saturated carbocycles. The first-order valence-electron chi connectivity index (χ1n) is 12.4. The number of esters is 1. The van der Waals surface area contributed by atoms with Crippen LogP contribution in [0.25, 0.3) is 0 Å². The highest BCUT2D eigenvalue weighted by Crippen LogP contribution is 2.34. The van der Waals surface area contributed by atoms with Gasteiger partial charge in [-0.3, -0.25) is 19.2 Å². The number of hydrogen-bond donors (Lipinski definition) is 3. The maximum atomic E-state index is 13.9. The molecule has 0 saturated heterocycles. The van der Waals surface area contributed by atoms with E-state index in [2.05, 4.69) is 15.4 Å². The van der Waals surface area contributed by atoms with E-state index >= 15 is 0 Å². The van der Waals surface area contributed by atoms with Gasteiger partial charge in [0.2, 0.25) is 17.7 Å². The molecule has 2 atom stereocenters. The first kappa shape index (κ1) is 29.6. The van der Waals surface area contributed by atoms with Crippen LogP contribution in [-0.2, 0) is 35.1 Å². The predicted molar refractivity (Wildman–Crippen MR) is 135 cm³/mol. The minimum Gasteiger partial charge on any atom is -0.468 e. The number of alkyl carbamates (subject to hydrolysis) is 1. The van der Waals surface area contributed by atoms with Crippen molar-refractivity contribution in [2.45, 2.75) is 83.5 Å². The highest BCUT2D eigenvalue weighted by atomic mass is 16.6. The average molecular weight is 519 g/mol. The third-order valence-electron chi connectivity index (χ3n) is 5.98. The van der Waals surface area contributed by atoms with Gasteiger partial charge < -0.3 is 30.7 Å². The lowest BCUT2D eigenvalue weighted by molar-refractivity contribution is -0.149. The fraction of sp³-hybridized carbons (Fsp3) is 0.577. The number of hydrogen-bond acceptors (Lipinski definition) is 7. The zero-order valence-corrected chi connectivity index (χ0v) is 22.2. The van der Waals surface area contributed by atoms with E-state index in [9.17, 15) is 24.0 Å². The van der Waals surface area contributed by atoms with Crippen molar-refractivity contribution in [2.24, 2.45) is 5.73 Å². The summed E-state index contributed by atoms with van der Waals surface area (Å²) >= 11 is 0. The van der Waals surface area contributed by atoms with Crippen molar-refractivity contribution in [2.75, 3.05) is 13.7 Å². The second-order valence-corrected chi connectivity index (χ2v) is 9.99. The number of primary amides is 1. The molecule has 4 N–H and O–H groups in total. The Kier molecular flexibility index (Phi) is 10.5. The minimum absolute atomic E-state index is 0.317. The van der Waals surface area contributed by atoms with Crippen molar-refractivity contribution >= 4 is 29.8 Å². The minimum atomic E-state index is -1.35. The van der Waals surface area contributed by atoms with E-state index in [1.807, 2.05) is 19.1 Å². The first-order chi connectivity index (χ1) is 17.4. The number of nitrogens with zero attached hydrogens (tertiary/aromatic N) is 1. The number of nitrogens with one attached hydrogen (secondary N) is 2. The molecule has 0 spiro atoms. The molecule has 0 heterocycles. The van der Waals surface area contributed by atoms with Gasteiger partial charge in [0.05, 0.1) is 13.5 Å². The topological polar surface area (TPSA) is 157 Å². The van der Waals surface area contributed by atoms with E-state index in [1.165, 1.54) is 12.0 Å². The monoisotopic (exact) mass is 518 g/mol. The Labute approximate surface area is 217 Å². The highest BCUT2D eigenvalue weighted by molar-refractivity contribution is 5.95. The van der Waals surface area contributed by atoms with Crippen LogP contribution in [0, 0.1) is 0 Å². The summed E-state index contributed by atoms with van der Waals surface area (Å²) in [5.74, 6) is -2.69. The summed E-state index contributed by atoms with van der Waals surface area (Å²) < 4.78 is 9.89.